The van der Waals surface area contributed by atoms with Crippen LogP contribution in [-0.4, -0.2) is 67.2 Å². The summed E-state index contributed by atoms with van der Waals surface area (Å²) in [4.78, 5) is 14.1. The third-order valence-corrected chi connectivity index (χ3v) is 6.56. The smallest absolute Gasteiger partial charge is 0.225 e. The van der Waals surface area contributed by atoms with Crippen LogP contribution >= 0.6 is 0 Å². The zero-order valence-electron chi connectivity index (χ0n) is 12.9. The molecule has 0 spiro atoms. The molecule has 0 bridgehead atoms. The molecule has 1 amide bonds. The molecule has 1 aliphatic carbocycles. The molecular formula is C14H26N2O4S. The fourth-order valence-corrected chi connectivity index (χ4v) is 4.33. The van der Waals surface area contributed by atoms with Crippen molar-refractivity contribution in [1.29, 1.82) is 0 Å². The summed E-state index contributed by atoms with van der Waals surface area (Å²) in [6, 6.07) is 0. The summed E-state index contributed by atoms with van der Waals surface area (Å²) in [5, 5.41) is 9.28. The Bertz CT molecular complexity index is 465. The van der Waals surface area contributed by atoms with Crippen LogP contribution in [0.2, 0.25) is 0 Å². The van der Waals surface area contributed by atoms with Gasteiger partial charge >= 0.3 is 0 Å². The van der Waals surface area contributed by atoms with Crippen molar-refractivity contribution in [3.05, 3.63) is 0 Å². The maximum absolute atomic E-state index is 12.4. The largest absolute Gasteiger partial charge is 0.393 e. The van der Waals surface area contributed by atoms with E-state index in [9.17, 15) is 18.3 Å². The number of piperidine rings is 1. The van der Waals surface area contributed by atoms with Gasteiger partial charge in [-0.25, -0.2) is 12.7 Å². The van der Waals surface area contributed by atoms with Gasteiger partial charge in [-0.2, -0.15) is 0 Å². The predicted octanol–water partition coefficient (Wildman–Crippen LogP) is 0.277. The highest BCUT2D eigenvalue weighted by Gasteiger charge is 2.34. The van der Waals surface area contributed by atoms with Crippen molar-refractivity contribution in [2.45, 2.75) is 38.7 Å². The molecular weight excluding hydrogens is 292 g/mol. The van der Waals surface area contributed by atoms with Crippen molar-refractivity contribution in [3.8, 4) is 0 Å². The summed E-state index contributed by atoms with van der Waals surface area (Å²) in [6.45, 7) is 3.24. The lowest BCUT2D eigenvalue weighted by Crippen LogP contribution is -2.46. The maximum Gasteiger partial charge on any atom is 0.225 e. The predicted molar refractivity (Wildman–Crippen MR) is 80.1 cm³/mol. The van der Waals surface area contributed by atoms with Crippen LogP contribution in [-0.2, 0) is 14.8 Å². The van der Waals surface area contributed by atoms with E-state index < -0.39 is 10.0 Å². The van der Waals surface area contributed by atoms with Gasteiger partial charge in [0, 0.05) is 32.6 Å². The van der Waals surface area contributed by atoms with E-state index in [2.05, 4.69) is 0 Å². The molecule has 6 nitrogen and oxygen atoms in total. The fraction of sp³-hybridized carbons (Fsp3) is 0.929. The highest BCUT2D eigenvalue weighted by atomic mass is 32.2. The topological polar surface area (TPSA) is 77.9 Å². The SMILES string of the molecule is CCS(=O)(=O)N1CCC(C(=O)N(C)CC2CC(O)C2)CC1. The summed E-state index contributed by atoms with van der Waals surface area (Å²) < 4.78 is 25.1. The number of aliphatic hydroxyl groups excluding tert-OH is 1. The number of hydrogen-bond acceptors (Lipinski definition) is 4. The average molecular weight is 318 g/mol. The first kappa shape index (κ1) is 16.7. The summed E-state index contributed by atoms with van der Waals surface area (Å²) in [5.41, 5.74) is 0. The molecule has 1 N–H and O–H groups in total. The lowest BCUT2D eigenvalue weighted by Gasteiger charge is -2.37. The van der Waals surface area contributed by atoms with Crippen LogP contribution in [0.15, 0.2) is 0 Å². The first-order valence-corrected chi connectivity index (χ1v) is 9.35. The zero-order chi connectivity index (χ0) is 15.6. The second-order valence-corrected chi connectivity index (χ2v) is 8.54. The third kappa shape index (κ3) is 3.96. The molecule has 2 fully saturated rings. The molecule has 21 heavy (non-hydrogen) atoms. The van der Waals surface area contributed by atoms with Crippen LogP contribution in [0.3, 0.4) is 0 Å². The Morgan fingerprint density at radius 2 is 1.86 bits per heavy atom. The number of nitrogens with zero attached hydrogens (tertiary/aromatic N) is 2. The monoisotopic (exact) mass is 318 g/mol. The number of carbonyl (C=O) groups excluding carboxylic acids is 1. The Kier molecular flexibility index (Phi) is 5.27. The van der Waals surface area contributed by atoms with E-state index in [-0.39, 0.29) is 23.7 Å². The lowest BCUT2D eigenvalue weighted by molar-refractivity contribution is -0.137. The number of amides is 1. The molecule has 1 saturated heterocycles. The summed E-state index contributed by atoms with van der Waals surface area (Å²) in [7, 11) is -1.32. The van der Waals surface area contributed by atoms with Gasteiger partial charge in [0.05, 0.1) is 11.9 Å². The Balaban J connectivity index is 1.80. The molecule has 0 atom stereocenters. The van der Waals surface area contributed by atoms with Gasteiger partial charge in [0.2, 0.25) is 15.9 Å². The lowest BCUT2D eigenvalue weighted by atomic mass is 9.82. The Labute approximate surface area is 127 Å². The minimum Gasteiger partial charge on any atom is -0.393 e. The molecule has 0 radical (unpaired) electrons. The number of sulfonamides is 1. The number of carbonyl (C=O) groups is 1. The highest BCUT2D eigenvalue weighted by molar-refractivity contribution is 7.89. The number of aliphatic hydroxyl groups is 1. The summed E-state index contributed by atoms with van der Waals surface area (Å²) >= 11 is 0. The highest BCUT2D eigenvalue weighted by Crippen LogP contribution is 2.29. The number of hydrogen-bond donors (Lipinski definition) is 1. The van der Waals surface area contributed by atoms with E-state index in [0.29, 0.717) is 38.4 Å². The van der Waals surface area contributed by atoms with Crippen LogP contribution in [0.4, 0.5) is 0 Å². The van der Waals surface area contributed by atoms with Crippen LogP contribution in [0, 0.1) is 11.8 Å². The van der Waals surface area contributed by atoms with Crippen molar-refractivity contribution < 1.29 is 18.3 Å². The minimum atomic E-state index is -3.13. The normalized spacial score (nSPS) is 28.1. The van der Waals surface area contributed by atoms with Gasteiger partial charge in [-0.1, -0.05) is 0 Å². The van der Waals surface area contributed by atoms with E-state index in [1.807, 2.05) is 7.05 Å². The van der Waals surface area contributed by atoms with Crippen LogP contribution in [0.5, 0.6) is 0 Å². The fourth-order valence-electron chi connectivity index (χ4n) is 3.20. The molecule has 0 aromatic carbocycles. The van der Waals surface area contributed by atoms with Gasteiger partial charge in [-0.15, -0.1) is 0 Å². The zero-order valence-corrected chi connectivity index (χ0v) is 13.7. The molecule has 7 heteroatoms. The molecule has 1 heterocycles. The molecule has 2 aliphatic rings. The molecule has 1 saturated carbocycles. The van der Waals surface area contributed by atoms with Crippen molar-refractivity contribution >= 4 is 15.9 Å². The Morgan fingerprint density at radius 3 is 2.33 bits per heavy atom. The molecule has 0 unspecified atom stereocenters. The standard InChI is InChI=1S/C14H26N2O4S/c1-3-21(19,20)16-6-4-12(5-7-16)14(18)15(2)10-11-8-13(17)9-11/h11-13,17H,3-10H2,1-2H3. The first-order chi connectivity index (χ1) is 9.83. The molecule has 0 aromatic heterocycles. The second-order valence-electron chi connectivity index (χ2n) is 6.28. The third-order valence-electron chi connectivity index (χ3n) is 4.68. The van der Waals surface area contributed by atoms with Gasteiger partial charge < -0.3 is 10.0 Å². The van der Waals surface area contributed by atoms with Gasteiger partial charge in [0.1, 0.15) is 0 Å². The van der Waals surface area contributed by atoms with E-state index in [1.54, 1.807) is 11.8 Å². The molecule has 0 aromatic rings. The van der Waals surface area contributed by atoms with E-state index in [4.69, 9.17) is 0 Å². The van der Waals surface area contributed by atoms with E-state index in [0.717, 1.165) is 12.8 Å². The van der Waals surface area contributed by atoms with Crippen molar-refractivity contribution in [2.24, 2.45) is 11.8 Å². The van der Waals surface area contributed by atoms with Crippen molar-refractivity contribution in [2.75, 3.05) is 32.4 Å². The summed E-state index contributed by atoms with van der Waals surface area (Å²) in [6.07, 6.45) is 2.59. The number of rotatable bonds is 5. The van der Waals surface area contributed by atoms with Gasteiger partial charge in [0.25, 0.3) is 0 Å². The average Bonchev–Trinajstić information content (AvgIpc) is 2.45. The van der Waals surface area contributed by atoms with Gasteiger partial charge in [0.15, 0.2) is 0 Å². The minimum absolute atomic E-state index is 0.0664. The Morgan fingerprint density at radius 1 is 1.29 bits per heavy atom. The Hall–Kier alpha value is -0.660. The van der Waals surface area contributed by atoms with Gasteiger partial charge in [-0.3, -0.25) is 4.79 Å². The molecule has 1 aliphatic heterocycles. The van der Waals surface area contributed by atoms with E-state index in [1.165, 1.54) is 4.31 Å². The maximum atomic E-state index is 12.4. The van der Waals surface area contributed by atoms with E-state index >= 15 is 0 Å². The first-order valence-electron chi connectivity index (χ1n) is 7.74. The quantitative estimate of drug-likeness (QED) is 0.790. The van der Waals surface area contributed by atoms with Crippen LogP contribution in [0.25, 0.3) is 0 Å². The molecule has 122 valence electrons. The van der Waals surface area contributed by atoms with Crippen molar-refractivity contribution in [3.63, 3.8) is 0 Å². The van der Waals surface area contributed by atoms with Crippen LogP contribution < -0.4 is 0 Å². The van der Waals surface area contributed by atoms with Gasteiger partial charge in [-0.05, 0) is 38.5 Å². The van der Waals surface area contributed by atoms with Crippen LogP contribution in [0.1, 0.15) is 32.6 Å². The summed E-state index contributed by atoms with van der Waals surface area (Å²) in [5.74, 6) is 0.581. The molecule has 2 rings (SSSR count). The second kappa shape index (κ2) is 6.62. The van der Waals surface area contributed by atoms with Crippen molar-refractivity contribution in [1.82, 2.24) is 9.21 Å².